The molecule has 4 rings (SSSR count). The summed E-state index contributed by atoms with van der Waals surface area (Å²) in [5, 5.41) is 14.4. The van der Waals surface area contributed by atoms with Gasteiger partial charge in [-0.25, -0.2) is 0 Å². The van der Waals surface area contributed by atoms with Crippen molar-refractivity contribution in [2.75, 3.05) is 18.5 Å². The number of benzene rings is 4. The van der Waals surface area contributed by atoms with Gasteiger partial charge in [-0.05, 0) is 83.5 Å². The lowest BCUT2D eigenvalue weighted by atomic mass is 9.72. The van der Waals surface area contributed by atoms with Crippen LogP contribution in [0.25, 0.3) is 0 Å². The third kappa shape index (κ3) is 9.31. The van der Waals surface area contributed by atoms with E-state index in [1.54, 1.807) is 18.2 Å². The van der Waals surface area contributed by atoms with Gasteiger partial charge in [-0.2, -0.15) is 8.42 Å². The van der Waals surface area contributed by atoms with E-state index >= 15 is 0 Å². The molecule has 0 bridgehead atoms. The first-order chi connectivity index (χ1) is 21.6. The highest BCUT2D eigenvalue weighted by atomic mass is 32.2. The number of anilines is 1. The van der Waals surface area contributed by atoms with Crippen molar-refractivity contribution in [2.24, 2.45) is 5.41 Å². The number of hydrogen-bond acceptors (Lipinski definition) is 8. The SMILES string of the molecule is CC(C)(C)CC(C)(C)c1ccc(OCCOc2ccc(C(=O)Nc3ccc(S(=O)(=O)Oc4ccccc4)cc3)cc2[N+](=O)[O-])cc1. The first kappa shape index (κ1) is 34.0. The Labute approximate surface area is 269 Å². The van der Waals surface area contributed by atoms with Crippen LogP contribution in [0.4, 0.5) is 11.4 Å². The first-order valence-corrected chi connectivity index (χ1v) is 16.1. The molecule has 4 aromatic carbocycles. The predicted molar refractivity (Wildman–Crippen MR) is 176 cm³/mol. The van der Waals surface area contributed by atoms with Crippen LogP contribution in [0.5, 0.6) is 17.2 Å². The Morgan fingerprint density at radius 2 is 1.43 bits per heavy atom. The molecule has 1 N–H and O–H groups in total. The third-order valence-electron chi connectivity index (χ3n) is 6.99. The van der Waals surface area contributed by atoms with Gasteiger partial charge in [0.15, 0.2) is 5.75 Å². The zero-order valence-electron chi connectivity index (χ0n) is 26.5. The first-order valence-electron chi connectivity index (χ1n) is 14.7. The van der Waals surface area contributed by atoms with E-state index in [2.05, 4.69) is 39.9 Å². The number of ether oxygens (including phenoxy) is 2. The van der Waals surface area contributed by atoms with Crippen LogP contribution in [-0.4, -0.2) is 32.5 Å². The Bertz CT molecular complexity index is 1760. The molecule has 4 aromatic rings. The highest BCUT2D eigenvalue weighted by molar-refractivity contribution is 7.87. The molecule has 0 aliphatic rings. The topological polar surface area (TPSA) is 134 Å². The fraction of sp³-hybridized carbons (Fsp3) is 0.286. The summed E-state index contributed by atoms with van der Waals surface area (Å²) in [4.78, 5) is 23.9. The van der Waals surface area contributed by atoms with Crippen molar-refractivity contribution < 1.29 is 31.8 Å². The molecule has 0 unspecified atom stereocenters. The van der Waals surface area contributed by atoms with Gasteiger partial charge < -0.3 is 19.0 Å². The van der Waals surface area contributed by atoms with E-state index in [4.69, 9.17) is 13.7 Å². The molecule has 0 saturated carbocycles. The van der Waals surface area contributed by atoms with E-state index in [-0.39, 0.29) is 57.4 Å². The van der Waals surface area contributed by atoms with E-state index in [0.29, 0.717) is 5.75 Å². The zero-order chi connectivity index (χ0) is 33.5. The molecule has 11 heteroatoms. The molecule has 1 amide bonds. The molecular weight excluding hydrogens is 608 g/mol. The molecule has 0 saturated heterocycles. The van der Waals surface area contributed by atoms with Crippen LogP contribution in [0.15, 0.2) is 102 Å². The summed E-state index contributed by atoms with van der Waals surface area (Å²) < 4.78 is 41.6. The maximum atomic E-state index is 12.9. The quantitative estimate of drug-likeness (QED) is 0.0673. The summed E-state index contributed by atoms with van der Waals surface area (Å²) in [6.45, 7) is 11.3. The standard InChI is InChI=1S/C35H38N2O8S/c1-34(2,3)24-35(4,5)26-12-16-28(17-13-26)43-21-22-44-32-20-11-25(23-31(32)37(39)40)33(38)36-27-14-18-30(19-15-27)46(41,42)45-29-9-7-6-8-10-29/h6-20,23H,21-22,24H2,1-5H3,(H,36,38). The summed E-state index contributed by atoms with van der Waals surface area (Å²) in [7, 11) is -4.08. The van der Waals surface area contributed by atoms with Gasteiger partial charge in [0.25, 0.3) is 5.91 Å². The second kappa shape index (κ2) is 14.0. The minimum absolute atomic E-state index is 0.00240. The van der Waals surface area contributed by atoms with Crippen molar-refractivity contribution in [3.05, 3.63) is 118 Å². The van der Waals surface area contributed by atoms with Crippen LogP contribution in [0.3, 0.4) is 0 Å². The predicted octanol–water partition coefficient (Wildman–Crippen LogP) is 7.79. The van der Waals surface area contributed by atoms with Crippen LogP contribution in [0.1, 0.15) is 57.0 Å². The summed E-state index contributed by atoms with van der Waals surface area (Å²) in [5.74, 6) is 0.206. The second-order valence-corrected chi connectivity index (χ2v) is 14.2. The monoisotopic (exact) mass is 646 g/mol. The lowest BCUT2D eigenvalue weighted by Gasteiger charge is -2.33. The molecule has 46 heavy (non-hydrogen) atoms. The van der Waals surface area contributed by atoms with Gasteiger partial charge in [-0.15, -0.1) is 0 Å². The largest absolute Gasteiger partial charge is 0.490 e. The molecule has 0 atom stereocenters. The van der Waals surface area contributed by atoms with Gasteiger partial charge in [0, 0.05) is 17.3 Å². The summed E-state index contributed by atoms with van der Waals surface area (Å²) >= 11 is 0. The average Bonchev–Trinajstić information content (AvgIpc) is 2.99. The molecule has 0 heterocycles. The Kier molecular flexibility index (Phi) is 10.4. The van der Waals surface area contributed by atoms with Crippen LogP contribution in [0.2, 0.25) is 0 Å². The molecule has 0 radical (unpaired) electrons. The number of rotatable bonds is 13. The van der Waals surface area contributed by atoms with Crippen molar-refractivity contribution >= 4 is 27.4 Å². The van der Waals surface area contributed by atoms with Gasteiger partial charge >= 0.3 is 15.8 Å². The lowest BCUT2D eigenvalue weighted by molar-refractivity contribution is -0.385. The fourth-order valence-corrected chi connectivity index (χ4v) is 6.15. The summed E-state index contributed by atoms with van der Waals surface area (Å²) in [5.41, 5.74) is 1.35. The molecule has 10 nitrogen and oxygen atoms in total. The average molecular weight is 647 g/mol. The van der Waals surface area contributed by atoms with Gasteiger partial charge in [0.1, 0.15) is 29.6 Å². The molecule has 242 valence electrons. The Morgan fingerprint density at radius 1 is 0.804 bits per heavy atom. The Hall–Kier alpha value is -4.90. The third-order valence-corrected chi connectivity index (χ3v) is 8.25. The van der Waals surface area contributed by atoms with E-state index in [1.807, 2.05) is 24.3 Å². The molecule has 0 fully saturated rings. The molecule has 0 aliphatic carbocycles. The van der Waals surface area contributed by atoms with Gasteiger partial charge in [0.05, 0.1) is 4.92 Å². The van der Waals surface area contributed by atoms with E-state index in [9.17, 15) is 23.3 Å². The second-order valence-electron chi connectivity index (χ2n) is 12.6. The number of nitrogens with zero attached hydrogens (tertiary/aromatic N) is 1. The van der Waals surface area contributed by atoms with Crippen molar-refractivity contribution in [1.29, 1.82) is 0 Å². The molecular formula is C35H38N2O8S. The highest BCUT2D eigenvalue weighted by Gasteiger charge is 2.27. The van der Waals surface area contributed by atoms with Gasteiger partial charge in [0.2, 0.25) is 0 Å². The van der Waals surface area contributed by atoms with Crippen LogP contribution < -0.4 is 19.0 Å². The minimum Gasteiger partial charge on any atom is -0.490 e. The smallest absolute Gasteiger partial charge is 0.339 e. The van der Waals surface area contributed by atoms with E-state index in [1.165, 1.54) is 54.1 Å². The fourth-order valence-electron chi connectivity index (χ4n) is 5.22. The summed E-state index contributed by atoms with van der Waals surface area (Å²) in [6, 6.07) is 25.2. The molecule has 0 aliphatic heterocycles. The maximum Gasteiger partial charge on any atom is 0.339 e. The maximum absolute atomic E-state index is 12.9. The number of hydrogen-bond donors (Lipinski definition) is 1. The van der Waals surface area contributed by atoms with Crippen molar-refractivity contribution in [2.45, 2.75) is 51.3 Å². The number of nitro benzene ring substituents is 1. The Morgan fingerprint density at radius 3 is 2.04 bits per heavy atom. The minimum atomic E-state index is -4.08. The normalized spacial score (nSPS) is 11.8. The van der Waals surface area contributed by atoms with Crippen molar-refractivity contribution in [3.8, 4) is 17.2 Å². The number of carbonyl (C=O) groups excluding carboxylic acids is 1. The zero-order valence-corrected chi connectivity index (χ0v) is 27.3. The van der Waals surface area contributed by atoms with Crippen molar-refractivity contribution in [1.82, 2.24) is 0 Å². The van der Waals surface area contributed by atoms with E-state index in [0.717, 1.165) is 12.5 Å². The van der Waals surface area contributed by atoms with Crippen LogP contribution in [-0.2, 0) is 15.5 Å². The number of nitro groups is 1. The highest BCUT2D eigenvalue weighted by Crippen LogP contribution is 2.36. The van der Waals surface area contributed by atoms with Gasteiger partial charge in [-0.1, -0.05) is 65.0 Å². The number of nitrogens with one attached hydrogen (secondary N) is 1. The molecule has 0 spiro atoms. The van der Waals surface area contributed by atoms with E-state index < -0.39 is 20.9 Å². The molecule has 0 aromatic heterocycles. The van der Waals surface area contributed by atoms with Gasteiger partial charge in [-0.3, -0.25) is 14.9 Å². The number of carbonyl (C=O) groups is 1. The van der Waals surface area contributed by atoms with Crippen LogP contribution in [0, 0.1) is 15.5 Å². The number of para-hydroxylation sites is 1. The summed E-state index contributed by atoms with van der Waals surface area (Å²) in [6.07, 6.45) is 1.03. The van der Waals surface area contributed by atoms with Crippen LogP contribution >= 0.6 is 0 Å². The number of amides is 1. The lowest BCUT2D eigenvalue weighted by Crippen LogP contribution is -2.24. The Balaban J connectivity index is 1.33. The van der Waals surface area contributed by atoms with Crippen molar-refractivity contribution in [3.63, 3.8) is 0 Å².